The molecule has 2 rings (SSSR count). The molecule has 4 unspecified atom stereocenters. The molecule has 2 heterocycles. The maximum absolute atomic E-state index is 12.7. The van der Waals surface area contributed by atoms with Gasteiger partial charge in [-0.25, -0.2) is 0 Å². The van der Waals surface area contributed by atoms with Crippen LogP contribution in [0.1, 0.15) is 46.5 Å². The zero-order valence-corrected chi connectivity index (χ0v) is 13.6. The monoisotopic (exact) mass is 281 g/mol. The second-order valence-electron chi connectivity index (χ2n) is 6.83. The number of hydrogen-bond acceptors (Lipinski definition) is 3. The van der Waals surface area contributed by atoms with Gasteiger partial charge in [-0.3, -0.25) is 9.69 Å². The van der Waals surface area contributed by atoms with Gasteiger partial charge in [-0.05, 0) is 65.5 Å². The van der Waals surface area contributed by atoms with E-state index >= 15 is 0 Å². The van der Waals surface area contributed by atoms with Crippen LogP contribution in [-0.4, -0.2) is 60.5 Å². The molecule has 1 amide bonds. The Morgan fingerprint density at radius 3 is 2.50 bits per heavy atom. The number of hydrogen-bond donors (Lipinski definition) is 1. The van der Waals surface area contributed by atoms with E-state index in [2.05, 4.69) is 31.0 Å². The van der Waals surface area contributed by atoms with E-state index in [1.165, 1.54) is 25.7 Å². The van der Waals surface area contributed by atoms with Gasteiger partial charge >= 0.3 is 0 Å². The highest BCUT2D eigenvalue weighted by molar-refractivity contribution is 5.81. The zero-order chi connectivity index (χ0) is 14.7. The molecule has 0 radical (unpaired) electrons. The molecule has 20 heavy (non-hydrogen) atoms. The Hall–Kier alpha value is -0.610. The predicted octanol–water partition coefficient (Wildman–Crippen LogP) is 1.71. The Balaban J connectivity index is 1.88. The lowest BCUT2D eigenvalue weighted by atomic mass is 9.99. The van der Waals surface area contributed by atoms with E-state index in [4.69, 9.17) is 0 Å². The largest absolute Gasteiger partial charge is 0.344 e. The first-order valence-electron chi connectivity index (χ1n) is 8.23. The van der Waals surface area contributed by atoms with E-state index in [1.807, 2.05) is 11.9 Å². The van der Waals surface area contributed by atoms with Crippen LogP contribution in [0.3, 0.4) is 0 Å². The van der Waals surface area contributed by atoms with Gasteiger partial charge in [0.25, 0.3) is 0 Å². The average Bonchev–Trinajstić information content (AvgIpc) is 2.77. The molecule has 2 saturated heterocycles. The average molecular weight is 281 g/mol. The van der Waals surface area contributed by atoms with E-state index in [9.17, 15) is 4.79 Å². The zero-order valence-electron chi connectivity index (χ0n) is 13.6. The highest BCUT2D eigenvalue weighted by atomic mass is 16.2. The fourth-order valence-electron chi connectivity index (χ4n) is 3.98. The van der Waals surface area contributed by atoms with Gasteiger partial charge in [0.1, 0.15) is 0 Å². The molecule has 1 N–H and O–H groups in total. The van der Waals surface area contributed by atoms with Gasteiger partial charge < -0.3 is 10.2 Å². The SMILES string of the molecule is CC1CCC(C)N1C(C)C(=O)N(C)CC1CCCNC1. The molecule has 0 saturated carbocycles. The smallest absolute Gasteiger partial charge is 0.239 e. The van der Waals surface area contributed by atoms with Crippen molar-refractivity contribution in [2.75, 3.05) is 26.7 Å². The molecule has 4 atom stereocenters. The van der Waals surface area contributed by atoms with E-state index in [1.54, 1.807) is 0 Å². The summed E-state index contributed by atoms with van der Waals surface area (Å²) < 4.78 is 0. The molecule has 2 fully saturated rings. The number of carbonyl (C=O) groups is 1. The highest BCUT2D eigenvalue weighted by Crippen LogP contribution is 2.26. The van der Waals surface area contributed by atoms with Crippen LogP contribution in [0.15, 0.2) is 0 Å². The summed E-state index contributed by atoms with van der Waals surface area (Å²) in [4.78, 5) is 17.0. The fourth-order valence-corrected chi connectivity index (χ4v) is 3.98. The van der Waals surface area contributed by atoms with Gasteiger partial charge in [-0.15, -0.1) is 0 Å². The summed E-state index contributed by atoms with van der Waals surface area (Å²) in [6, 6.07) is 1.09. The molecule has 0 aromatic heterocycles. The standard InChI is InChI=1S/C16H31N3O/c1-12-7-8-13(2)19(12)14(3)16(20)18(4)11-15-6-5-9-17-10-15/h12-15,17H,5-11H2,1-4H3. The summed E-state index contributed by atoms with van der Waals surface area (Å²) in [6.07, 6.45) is 4.92. The lowest BCUT2D eigenvalue weighted by Crippen LogP contribution is -2.51. The van der Waals surface area contributed by atoms with Crippen LogP contribution in [0.2, 0.25) is 0 Å². The van der Waals surface area contributed by atoms with Gasteiger partial charge in [0.05, 0.1) is 6.04 Å². The minimum atomic E-state index is 0.0176. The van der Waals surface area contributed by atoms with Crippen LogP contribution >= 0.6 is 0 Å². The lowest BCUT2D eigenvalue weighted by Gasteiger charge is -2.35. The maximum atomic E-state index is 12.7. The third-order valence-corrected chi connectivity index (χ3v) is 5.13. The Labute approximate surface area is 123 Å². The van der Waals surface area contributed by atoms with Crippen molar-refractivity contribution in [2.24, 2.45) is 5.92 Å². The second kappa shape index (κ2) is 6.90. The Kier molecular flexibility index (Phi) is 5.44. The molecule has 116 valence electrons. The lowest BCUT2D eigenvalue weighted by molar-refractivity contribution is -0.136. The van der Waals surface area contributed by atoms with Crippen LogP contribution in [0.5, 0.6) is 0 Å². The van der Waals surface area contributed by atoms with Crippen molar-refractivity contribution in [3.05, 3.63) is 0 Å². The predicted molar refractivity (Wildman–Crippen MR) is 82.7 cm³/mol. The third-order valence-electron chi connectivity index (χ3n) is 5.13. The third kappa shape index (κ3) is 3.53. The molecule has 4 nitrogen and oxygen atoms in total. The van der Waals surface area contributed by atoms with Crippen molar-refractivity contribution in [3.8, 4) is 0 Å². The summed E-state index contributed by atoms with van der Waals surface area (Å²) >= 11 is 0. The molecular weight excluding hydrogens is 250 g/mol. The van der Waals surface area contributed by atoms with Crippen molar-refractivity contribution in [1.82, 2.24) is 15.1 Å². The van der Waals surface area contributed by atoms with Crippen molar-refractivity contribution >= 4 is 5.91 Å². The number of likely N-dealkylation sites (N-methyl/N-ethyl adjacent to an activating group) is 1. The number of nitrogens with zero attached hydrogens (tertiary/aromatic N) is 2. The normalized spacial score (nSPS) is 33.1. The highest BCUT2D eigenvalue weighted by Gasteiger charge is 2.35. The molecule has 0 aromatic carbocycles. The Bertz CT molecular complexity index is 318. The van der Waals surface area contributed by atoms with Crippen molar-refractivity contribution < 1.29 is 4.79 Å². The van der Waals surface area contributed by atoms with Crippen LogP contribution in [0.25, 0.3) is 0 Å². The molecule has 2 aliphatic rings. The number of piperidine rings is 1. The van der Waals surface area contributed by atoms with Gasteiger partial charge in [-0.1, -0.05) is 0 Å². The minimum absolute atomic E-state index is 0.0176. The molecule has 2 aliphatic heterocycles. The van der Waals surface area contributed by atoms with Crippen molar-refractivity contribution in [1.29, 1.82) is 0 Å². The molecule has 0 spiro atoms. The molecular formula is C16H31N3O. The van der Waals surface area contributed by atoms with Crippen molar-refractivity contribution in [2.45, 2.75) is 64.6 Å². The number of carbonyl (C=O) groups excluding carboxylic acids is 1. The fraction of sp³-hybridized carbons (Fsp3) is 0.938. The van der Waals surface area contributed by atoms with Crippen LogP contribution in [0.4, 0.5) is 0 Å². The molecule has 4 heteroatoms. The second-order valence-corrected chi connectivity index (χ2v) is 6.83. The number of amides is 1. The van der Waals surface area contributed by atoms with E-state index in [0.29, 0.717) is 18.0 Å². The van der Waals surface area contributed by atoms with E-state index in [-0.39, 0.29) is 11.9 Å². The summed E-state index contributed by atoms with van der Waals surface area (Å²) in [7, 11) is 1.97. The quantitative estimate of drug-likeness (QED) is 0.852. The summed E-state index contributed by atoms with van der Waals surface area (Å²) in [6.45, 7) is 9.66. The van der Waals surface area contributed by atoms with E-state index < -0.39 is 0 Å². The molecule has 0 aromatic rings. The Morgan fingerprint density at radius 1 is 1.30 bits per heavy atom. The Morgan fingerprint density at radius 2 is 1.95 bits per heavy atom. The van der Waals surface area contributed by atoms with Gasteiger partial charge in [0.2, 0.25) is 5.91 Å². The summed E-state index contributed by atoms with van der Waals surface area (Å²) in [5.74, 6) is 0.912. The summed E-state index contributed by atoms with van der Waals surface area (Å²) in [5, 5.41) is 3.43. The van der Waals surface area contributed by atoms with Crippen LogP contribution in [0, 0.1) is 5.92 Å². The van der Waals surface area contributed by atoms with Crippen LogP contribution < -0.4 is 5.32 Å². The first-order valence-corrected chi connectivity index (χ1v) is 8.23. The first kappa shape index (κ1) is 15.8. The number of nitrogens with one attached hydrogen (secondary N) is 1. The number of rotatable bonds is 4. The van der Waals surface area contributed by atoms with Gasteiger partial charge in [-0.2, -0.15) is 0 Å². The first-order chi connectivity index (χ1) is 9.50. The van der Waals surface area contributed by atoms with Crippen LogP contribution in [-0.2, 0) is 4.79 Å². The van der Waals surface area contributed by atoms with Crippen molar-refractivity contribution in [3.63, 3.8) is 0 Å². The number of likely N-dealkylation sites (tertiary alicyclic amines) is 1. The summed E-state index contributed by atoms with van der Waals surface area (Å²) in [5.41, 5.74) is 0. The van der Waals surface area contributed by atoms with E-state index in [0.717, 1.165) is 19.6 Å². The maximum Gasteiger partial charge on any atom is 0.239 e. The topological polar surface area (TPSA) is 35.6 Å². The minimum Gasteiger partial charge on any atom is -0.344 e. The van der Waals surface area contributed by atoms with Gasteiger partial charge in [0.15, 0.2) is 0 Å². The molecule has 0 aliphatic carbocycles. The van der Waals surface area contributed by atoms with Gasteiger partial charge in [0, 0.05) is 25.7 Å². The molecule has 0 bridgehead atoms.